The van der Waals surface area contributed by atoms with Gasteiger partial charge >= 0.3 is 5.97 Å². The number of carbonyl (C=O) groups is 2. The van der Waals surface area contributed by atoms with Gasteiger partial charge in [0, 0.05) is 24.7 Å². The molecule has 2 aromatic rings. The number of hydrogen-bond acceptors (Lipinski definition) is 3. The van der Waals surface area contributed by atoms with E-state index in [1.54, 1.807) is 11.6 Å². The number of amides is 1. The summed E-state index contributed by atoms with van der Waals surface area (Å²) in [6, 6.07) is 8.30. The zero-order valence-electron chi connectivity index (χ0n) is 14.4. The van der Waals surface area contributed by atoms with E-state index in [1.165, 1.54) is 0 Å². The number of nitrogens with zero attached hydrogens (tertiary/aromatic N) is 2. The SMILES string of the molecule is Cc1nn(C)c(C)c1C(C)C(=O)N[C@@H](Cc1ccccc1)C(=O)O. The molecule has 24 heavy (non-hydrogen) atoms. The molecule has 128 valence electrons. The average Bonchev–Trinajstić information content (AvgIpc) is 2.79. The van der Waals surface area contributed by atoms with Crippen LogP contribution in [0.1, 0.15) is 35.4 Å². The molecule has 1 amide bonds. The maximum Gasteiger partial charge on any atom is 0.326 e. The molecule has 1 heterocycles. The molecule has 2 N–H and O–H groups in total. The Hall–Kier alpha value is -2.63. The molecule has 0 radical (unpaired) electrons. The van der Waals surface area contributed by atoms with Crippen LogP contribution in [0.4, 0.5) is 0 Å². The highest BCUT2D eigenvalue weighted by molar-refractivity contribution is 5.88. The van der Waals surface area contributed by atoms with E-state index in [0.717, 1.165) is 22.5 Å². The van der Waals surface area contributed by atoms with Gasteiger partial charge in [0.15, 0.2) is 0 Å². The molecule has 0 saturated heterocycles. The highest BCUT2D eigenvalue weighted by atomic mass is 16.4. The van der Waals surface area contributed by atoms with Crippen molar-refractivity contribution in [2.75, 3.05) is 0 Å². The molecule has 0 saturated carbocycles. The van der Waals surface area contributed by atoms with Crippen LogP contribution in [0.15, 0.2) is 30.3 Å². The number of benzene rings is 1. The van der Waals surface area contributed by atoms with Gasteiger partial charge < -0.3 is 10.4 Å². The Morgan fingerprint density at radius 1 is 1.25 bits per heavy atom. The lowest BCUT2D eigenvalue weighted by Gasteiger charge is -2.18. The van der Waals surface area contributed by atoms with Crippen molar-refractivity contribution in [3.63, 3.8) is 0 Å². The fourth-order valence-electron chi connectivity index (χ4n) is 2.89. The van der Waals surface area contributed by atoms with Gasteiger partial charge in [-0.3, -0.25) is 9.48 Å². The van der Waals surface area contributed by atoms with Crippen molar-refractivity contribution in [3.05, 3.63) is 52.8 Å². The quantitative estimate of drug-likeness (QED) is 0.848. The highest BCUT2D eigenvalue weighted by Gasteiger charge is 2.27. The van der Waals surface area contributed by atoms with Crippen molar-refractivity contribution in [2.45, 2.75) is 39.2 Å². The molecule has 0 bridgehead atoms. The van der Waals surface area contributed by atoms with Crippen molar-refractivity contribution in [2.24, 2.45) is 7.05 Å². The Morgan fingerprint density at radius 3 is 2.38 bits per heavy atom. The summed E-state index contributed by atoms with van der Waals surface area (Å²) in [6.07, 6.45) is 0.250. The van der Waals surface area contributed by atoms with Crippen LogP contribution in [-0.2, 0) is 23.1 Å². The summed E-state index contributed by atoms with van der Waals surface area (Å²) < 4.78 is 1.73. The average molecular weight is 329 g/mol. The van der Waals surface area contributed by atoms with Gasteiger partial charge in [-0.2, -0.15) is 5.10 Å². The summed E-state index contributed by atoms with van der Waals surface area (Å²) in [6.45, 7) is 5.52. The molecule has 6 heteroatoms. The van der Waals surface area contributed by atoms with E-state index in [1.807, 2.05) is 51.2 Å². The molecule has 0 fully saturated rings. The van der Waals surface area contributed by atoms with E-state index in [-0.39, 0.29) is 12.3 Å². The minimum Gasteiger partial charge on any atom is -0.480 e. The number of aromatic nitrogens is 2. The maximum atomic E-state index is 12.6. The van der Waals surface area contributed by atoms with Gasteiger partial charge in [0.05, 0.1) is 11.6 Å². The van der Waals surface area contributed by atoms with E-state index < -0.39 is 17.9 Å². The monoisotopic (exact) mass is 329 g/mol. The summed E-state index contributed by atoms with van der Waals surface area (Å²) in [4.78, 5) is 24.1. The predicted molar refractivity (Wildman–Crippen MR) is 90.8 cm³/mol. The molecular formula is C18H23N3O3. The molecule has 0 aliphatic heterocycles. The topological polar surface area (TPSA) is 84.2 Å². The Labute approximate surface area is 141 Å². The van der Waals surface area contributed by atoms with Crippen LogP contribution >= 0.6 is 0 Å². The van der Waals surface area contributed by atoms with Gasteiger partial charge in [0.25, 0.3) is 0 Å². The predicted octanol–water partition coefficient (Wildman–Crippen LogP) is 1.95. The first kappa shape index (κ1) is 17.7. The summed E-state index contributed by atoms with van der Waals surface area (Å²) >= 11 is 0. The van der Waals surface area contributed by atoms with Gasteiger partial charge in [-0.1, -0.05) is 30.3 Å². The smallest absolute Gasteiger partial charge is 0.326 e. The third-order valence-electron chi connectivity index (χ3n) is 4.29. The van der Waals surface area contributed by atoms with Crippen molar-refractivity contribution >= 4 is 11.9 Å². The van der Waals surface area contributed by atoms with Gasteiger partial charge in [-0.05, 0) is 26.3 Å². The third kappa shape index (κ3) is 3.82. The fourth-order valence-corrected chi connectivity index (χ4v) is 2.89. The van der Waals surface area contributed by atoms with E-state index in [0.29, 0.717) is 0 Å². The van der Waals surface area contributed by atoms with Gasteiger partial charge in [0.1, 0.15) is 6.04 Å². The second-order valence-electron chi connectivity index (χ2n) is 6.02. The summed E-state index contributed by atoms with van der Waals surface area (Å²) in [7, 11) is 1.83. The third-order valence-corrected chi connectivity index (χ3v) is 4.29. The Kier molecular flexibility index (Phi) is 5.39. The molecule has 2 rings (SSSR count). The largest absolute Gasteiger partial charge is 0.480 e. The molecule has 1 aromatic carbocycles. The zero-order chi connectivity index (χ0) is 17.9. The first-order chi connectivity index (χ1) is 11.3. The van der Waals surface area contributed by atoms with E-state index in [2.05, 4.69) is 10.4 Å². The van der Waals surface area contributed by atoms with Crippen molar-refractivity contribution in [1.29, 1.82) is 0 Å². The van der Waals surface area contributed by atoms with Gasteiger partial charge in [-0.25, -0.2) is 4.79 Å². The number of carbonyl (C=O) groups excluding carboxylic acids is 1. The van der Waals surface area contributed by atoms with E-state index >= 15 is 0 Å². The Balaban J connectivity index is 2.14. The van der Waals surface area contributed by atoms with Crippen LogP contribution in [-0.4, -0.2) is 32.8 Å². The lowest BCUT2D eigenvalue weighted by Crippen LogP contribution is -2.44. The molecule has 0 spiro atoms. The highest BCUT2D eigenvalue weighted by Crippen LogP contribution is 2.23. The Bertz CT molecular complexity index is 737. The normalized spacial score (nSPS) is 13.3. The zero-order valence-corrected chi connectivity index (χ0v) is 14.4. The second-order valence-corrected chi connectivity index (χ2v) is 6.02. The number of carboxylic acid groups (broad SMARTS) is 1. The van der Waals surface area contributed by atoms with Crippen LogP contribution in [0.3, 0.4) is 0 Å². The molecule has 1 unspecified atom stereocenters. The van der Waals surface area contributed by atoms with E-state index in [4.69, 9.17) is 0 Å². The maximum absolute atomic E-state index is 12.6. The molecule has 0 aliphatic carbocycles. The van der Waals surface area contributed by atoms with Crippen LogP contribution in [0.25, 0.3) is 0 Å². The summed E-state index contributed by atoms with van der Waals surface area (Å²) in [5, 5.41) is 16.4. The number of rotatable bonds is 6. The number of aliphatic carboxylic acids is 1. The minimum atomic E-state index is -1.04. The molecule has 2 atom stereocenters. The molecule has 0 aliphatic rings. The first-order valence-electron chi connectivity index (χ1n) is 7.88. The number of aryl methyl sites for hydroxylation is 2. The molecular weight excluding hydrogens is 306 g/mol. The Morgan fingerprint density at radius 2 is 1.88 bits per heavy atom. The van der Waals surface area contributed by atoms with E-state index in [9.17, 15) is 14.7 Å². The second kappa shape index (κ2) is 7.29. The van der Waals surface area contributed by atoms with Crippen LogP contribution in [0, 0.1) is 13.8 Å². The van der Waals surface area contributed by atoms with Gasteiger partial charge in [-0.15, -0.1) is 0 Å². The van der Waals surface area contributed by atoms with Gasteiger partial charge in [0.2, 0.25) is 5.91 Å². The number of hydrogen-bond donors (Lipinski definition) is 2. The lowest BCUT2D eigenvalue weighted by atomic mass is 9.97. The van der Waals surface area contributed by atoms with Crippen LogP contribution in [0.5, 0.6) is 0 Å². The molecule has 1 aromatic heterocycles. The van der Waals surface area contributed by atoms with Crippen LogP contribution < -0.4 is 5.32 Å². The van der Waals surface area contributed by atoms with Crippen molar-refractivity contribution in [1.82, 2.24) is 15.1 Å². The standard InChI is InChI=1S/C18H23N3O3/c1-11(16-12(2)20-21(4)13(16)3)17(22)19-15(18(23)24)10-14-8-6-5-7-9-14/h5-9,11,15H,10H2,1-4H3,(H,19,22)(H,23,24)/t11?,15-/m0/s1. The fraction of sp³-hybridized carbons (Fsp3) is 0.389. The van der Waals surface area contributed by atoms with Crippen molar-refractivity contribution in [3.8, 4) is 0 Å². The number of nitrogens with one attached hydrogen (secondary N) is 1. The summed E-state index contributed by atoms with van der Waals surface area (Å²) in [5.41, 5.74) is 3.41. The molecule has 6 nitrogen and oxygen atoms in total. The van der Waals surface area contributed by atoms with Crippen LogP contribution in [0.2, 0.25) is 0 Å². The van der Waals surface area contributed by atoms with Crippen molar-refractivity contribution < 1.29 is 14.7 Å². The lowest BCUT2D eigenvalue weighted by molar-refractivity contribution is -0.141. The summed E-state index contributed by atoms with van der Waals surface area (Å²) in [5.74, 6) is -1.81. The number of carboxylic acids is 1. The first-order valence-corrected chi connectivity index (χ1v) is 7.88. The minimum absolute atomic E-state index is 0.250.